The second-order valence-electron chi connectivity index (χ2n) is 5.33. The van der Waals surface area contributed by atoms with E-state index in [-0.39, 0.29) is 6.03 Å². The minimum absolute atomic E-state index is 0.167. The van der Waals surface area contributed by atoms with E-state index in [1.165, 1.54) is 5.56 Å². The molecule has 3 rings (SSSR count). The Morgan fingerprint density at radius 1 is 0.958 bits per heavy atom. The van der Waals surface area contributed by atoms with Crippen molar-refractivity contribution in [2.24, 2.45) is 0 Å². The quantitative estimate of drug-likeness (QED) is 0.732. The van der Waals surface area contributed by atoms with Gasteiger partial charge in [-0.2, -0.15) is 5.10 Å². The highest BCUT2D eigenvalue weighted by Gasteiger charge is 2.01. The summed E-state index contributed by atoms with van der Waals surface area (Å²) >= 11 is 0. The van der Waals surface area contributed by atoms with E-state index < -0.39 is 0 Å². The van der Waals surface area contributed by atoms with Crippen molar-refractivity contribution in [1.82, 2.24) is 25.4 Å². The average Bonchev–Trinajstić information content (AvgIpc) is 3.16. The van der Waals surface area contributed by atoms with Crippen LogP contribution in [-0.2, 0) is 13.0 Å². The Hall–Kier alpha value is -3.15. The molecule has 0 saturated carbocycles. The van der Waals surface area contributed by atoms with E-state index in [2.05, 4.69) is 20.7 Å². The molecular formula is C18H19N5O. The monoisotopic (exact) mass is 321 g/mol. The van der Waals surface area contributed by atoms with E-state index in [9.17, 15) is 4.79 Å². The molecule has 2 N–H and O–H groups in total. The summed E-state index contributed by atoms with van der Waals surface area (Å²) in [5.41, 5.74) is 3.21. The maximum absolute atomic E-state index is 11.8. The van der Waals surface area contributed by atoms with Crippen molar-refractivity contribution in [3.05, 3.63) is 78.4 Å². The minimum atomic E-state index is -0.167. The molecule has 0 aliphatic rings. The maximum atomic E-state index is 11.8. The molecule has 0 atom stereocenters. The van der Waals surface area contributed by atoms with Crippen LogP contribution in [0.25, 0.3) is 5.69 Å². The van der Waals surface area contributed by atoms with Gasteiger partial charge in [0.2, 0.25) is 0 Å². The summed E-state index contributed by atoms with van der Waals surface area (Å²) in [6.45, 7) is 1.08. The fraction of sp³-hybridized carbons (Fsp3) is 0.167. The van der Waals surface area contributed by atoms with Crippen molar-refractivity contribution in [1.29, 1.82) is 0 Å². The summed E-state index contributed by atoms with van der Waals surface area (Å²) in [5, 5.41) is 9.88. The summed E-state index contributed by atoms with van der Waals surface area (Å²) in [4.78, 5) is 15.7. The van der Waals surface area contributed by atoms with Crippen LogP contribution in [0.4, 0.5) is 4.79 Å². The first-order valence-corrected chi connectivity index (χ1v) is 7.81. The predicted molar refractivity (Wildman–Crippen MR) is 91.7 cm³/mol. The maximum Gasteiger partial charge on any atom is 0.315 e. The fourth-order valence-electron chi connectivity index (χ4n) is 2.30. The van der Waals surface area contributed by atoms with Crippen LogP contribution in [-0.4, -0.2) is 27.3 Å². The third-order valence-corrected chi connectivity index (χ3v) is 3.61. The number of urea groups is 1. The van der Waals surface area contributed by atoms with Crippen LogP contribution < -0.4 is 10.6 Å². The van der Waals surface area contributed by atoms with E-state index in [0.29, 0.717) is 13.1 Å². The number of aromatic nitrogens is 3. The Bertz CT molecular complexity index is 754. The van der Waals surface area contributed by atoms with Crippen LogP contribution in [0.1, 0.15) is 11.1 Å². The summed E-state index contributed by atoms with van der Waals surface area (Å²) in [5.74, 6) is 0. The van der Waals surface area contributed by atoms with Gasteiger partial charge in [0.15, 0.2) is 0 Å². The molecule has 6 nitrogen and oxygen atoms in total. The van der Waals surface area contributed by atoms with E-state index in [4.69, 9.17) is 0 Å². The molecule has 122 valence electrons. The van der Waals surface area contributed by atoms with Gasteiger partial charge in [-0.05, 0) is 47.9 Å². The summed E-state index contributed by atoms with van der Waals surface area (Å²) < 4.78 is 1.81. The Labute approximate surface area is 140 Å². The molecule has 0 spiro atoms. The molecule has 6 heteroatoms. The first kappa shape index (κ1) is 15.7. The molecule has 0 radical (unpaired) electrons. The molecule has 0 saturated heterocycles. The lowest BCUT2D eigenvalue weighted by Crippen LogP contribution is -2.36. The first-order valence-electron chi connectivity index (χ1n) is 7.81. The van der Waals surface area contributed by atoms with E-state index in [1.54, 1.807) is 18.6 Å². The zero-order chi connectivity index (χ0) is 16.6. The number of hydrogen-bond acceptors (Lipinski definition) is 3. The van der Waals surface area contributed by atoms with Crippen molar-refractivity contribution in [3.8, 4) is 5.69 Å². The van der Waals surface area contributed by atoms with Crippen LogP contribution in [0.5, 0.6) is 0 Å². The van der Waals surface area contributed by atoms with Crippen LogP contribution >= 0.6 is 0 Å². The topological polar surface area (TPSA) is 71.8 Å². The summed E-state index contributed by atoms with van der Waals surface area (Å²) in [6, 6.07) is 13.6. The Morgan fingerprint density at radius 3 is 2.46 bits per heavy atom. The van der Waals surface area contributed by atoms with Crippen LogP contribution in [0.3, 0.4) is 0 Å². The largest absolute Gasteiger partial charge is 0.338 e. The van der Waals surface area contributed by atoms with Crippen molar-refractivity contribution in [2.75, 3.05) is 6.54 Å². The Balaban J connectivity index is 1.40. The van der Waals surface area contributed by atoms with E-state index in [1.807, 2.05) is 53.3 Å². The van der Waals surface area contributed by atoms with Gasteiger partial charge in [0.1, 0.15) is 0 Å². The first-order chi connectivity index (χ1) is 11.8. The standard InChI is InChI=1S/C18H19N5O/c24-18(21-14-16-6-10-19-11-7-16)20-12-8-15-2-4-17(5-3-15)23-13-1-9-22-23/h1-7,9-11,13H,8,12,14H2,(H2,20,21,24). The van der Waals surface area contributed by atoms with Crippen molar-refractivity contribution < 1.29 is 4.79 Å². The van der Waals surface area contributed by atoms with Crippen LogP contribution in [0.2, 0.25) is 0 Å². The lowest BCUT2D eigenvalue weighted by Gasteiger charge is -2.08. The third kappa shape index (κ3) is 4.42. The molecule has 0 aliphatic carbocycles. The van der Waals surface area contributed by atoms with Gasteiger partial charge in [0, 0.05) is 37.9 Å². The van der Waals surface area contributed by atoms with Gasteiger partial charge in [-0.15, -0.1) is 0 Å². The molecule has 24 heavy (non-hydrogen) atoms. The van der Waals surface area contributed by atoms with Gasteiger partial charge in [0.25, 0.3) is 0 Å². The minimum Gasteiger partial charge on any atom is -0.338 e. The smallest absolute Gasteiger partial charge is 0.315 e. The fourth-order valence-corrected chi connectivity index (χ4v) is 2.30. The lowest BCUT2D eigenvalue weighted by atomic mass is 10.1. The Morgan fingerprint density at radius 2 is 1.75 bits per heavy atom. The van der Waals surface area contributed by atoms with Gasteiger partial charge in [-0.3, -0.25) is 4.98 Å². The van der Waals surface area contributed by atoms with Gasteiger partial charge in [0.05, 0.1) is 5.69 Å². The number of rotatable bonds is 6. The molecule has 2 heterocycles. The highest BCUT2D eigenvalue weighted by molar-refractivity contribution is 5.73. The second-order valence-corrected chi connectivity index (χ2v) is 5.33. The highest BCUT2D eigenvalue weighted by atomic mass is 16.2. The second kappa shape index (κ2) is 7.92. The van der Waals surface area contributed by atoms with Crippen LogP contribution in [0.15, 0.2) is 67.3 Å². The number of carbonyl (C=O) groups is 1. The number of benzene rings is 1. The highest BCUT2D eigenvalue weighted by Crippen LogP contribution is 2.08. The van der Waals surface area contributed by atoms with Crippen molar-refractivity contribution in [2.45, 2.75) is 13.0 Å². The number of carbonyl (C=O) groups excluding carboxylic acids is 1. The zero-order valence-corrected chi connectivity index (χ0v) is 13.2. The summed E-state index contributed by atoms with van der Waals surface area (Å²) in [7, 11) is 0. The van der Waals surface area contributed by atoms with Crippen molar-refractivity contribution >= 4 is 6.03 Å². The van der Waals surface area contributed by atoms with E-state index >= 15 is 0 Å². The SMILES string of the molecule is O=C(NCCc1ccc(-n2cccn2)cc1)NCc1ccncc1. The molecule has 0 unspecified atom stereocenters. The number of hydrogen-bond donors (Lipinski definition) is 2. The number of nitrogens with zero attached hydrogens (tertiary/aromatic N) is 3. The normalized spacial score (nSPS) is 10.3. The molecule has 1 aromatic carbocycles. The number of amides is 2. The molecule has 2 aromatic heterocycles. The third-order valence-electron chi connectivity index (χ3n) is 3.61. The zero-order valence-electron chi connectivity index (χ0n) is 13.2. The molecular weight excluding hydrogens is 302 g/mol. The van der Waals surface area contributed by atoms with Gasteiger partial charge in [-0.25, -0.2) is 9.48 Å². The van der Waals surface area contributed by atoms with Gasteiger partial charge >= 0.3 is 6.03 Å². The van der Waals surface area contributed by atoms with Gasteiger partial charge < -0.3 is 10.6 Å². The van der Waals surface area contributed by atoms with E-state index in [0.717, 1.165) is 17.7 Å². The number of pyridine rings is 1. The van der Waals surface area contributed by atoms with Crippen LogP contribution in [0, 0.1) is 0 Å². The molecule has 0 bridgehead atoms. The lowest BCUT2D eigenvalue weighted by molar-refractivity contribution is 0.240. The number of nitrogens with one attached hydrogen (secondary N) is 2. The molecule has 3 aromatic rings. The Kier molecular flexibility index (Phi) is 5.19. The molecule has 0 aliphatic heterocycles. The average molecular weight is 321 g/mol. The van der Waals surface area contributed by atoms with Gasteiger partial charge in [-0.1, -0.05) is 12.1 Å². The molecule has 2 amide bonds. The summed E-state index contributed by atoms with van der Waals surface area (Å²) in [6.07, 6.45) is 7.86. The van der Waals surface area contributed by atoms with Crippen molar-refractivity contribution in [3.63, 3.8) is 0 Å². The molecule has 0 fully saturated rings. The predicted octanol–water partition coefficient (Wildman–Crippen LogP) is 2.31.